The van der Waals surface area contributed by atoms with Crippen molar-refractivity contribution >= 4 is 23.4 Å². The topological polar surface area (TPSA) is 25.8 Å². The minimum absolute atomic E-state index is 0.538. The van der Waals surface area contributed by atoms with Gasteiger partial charge in [0.25, 0.3) is 0 Å². The molecule has 0 saturated heterocycles. The minimum Gasteiger partial charge on any atom is -0.229 e. The van der Waals surface area contributed by atoms with Gasteiger partial charge in [0.1, 0.15) is 5.69 Å². The fourth-order valence-corrected chi connectivity index (χ4v) is 1.62. The number of hydrogen-bond acceptors (Lipinski definition) is 3. The molecular formula is C11H11ClN2S. The quantitative estimate of drug-likeness (QED) is 0.450. The lowest BCUT2D eigenvalue weighted by Crippen LogP contribution is -1.90. The van der Waals surface area contributed by atoms with Crippen LogP contribution in [-0.2, 0) is 0 Å². The molecule has 1 aromatic rings. The molecule has 78 valence electrons. The Morgan fingerprint density at radius 1 is 1.60 bits per heavy atom. The SMILES string of the molecule is CSc1ncc(Cl)c(C#CCC2CC2)n1. The van der Waals surface area contributed by atoms with E-state index in [1.165, 1.54) is 24.6 Å². The summed E-state index contributed by atoms with van der Waals surface area (Å²) in [4.78, 5) is 8.32. The molecule has 0 unspecified atom stereocenters. The Kier molecular flexibility index (Phi) is 3.50. The summed E-state index contributed by atoms with van der Waals surface area (Å²) < 4.78 is 0. The lowest BCUT2D eigenvalue weighted by molar-refractivity contribution is 0.883. The van der Waals surface area contributed by atoms with Gasteiger partial charge in [-0.3, -0.25) is 0 Å². The van der Waals surface area contributed by atoms with Crippen molar-refractivity contribution < 1.29 is 0 Å². The standard InChI is InChI=1S/C11H11ClN2S/c1-15-11-13-7-9(12)10(14-11)4-2-3-8-5-6-8/h7-8H,3,5-6H2,1H3. The lowest BCUT2D eigenvalue weighted by Gasteiger charge is -1.97. The highest BCUT2D eigenvalue weighted by Crippen LogP contribution is 2.31. The van der Waals surface area contributed by atoms with E-state index in [1.54, 1.807) is 6.20 Å². The van der Waals surface area contributed by atoms with E-state index in [4.69, 9.17) is 11.6 Å². The highest BCUT2D eigenvalue weighted by atomic mass is 35.5. The van der Waals surface area contributed by atoms with Crippen molar-refractivity contribution in [1.82, 2.24) is 9.97 Å². The first-order valence-electron chi connectivity index (χ1n) is 4.85. The first kappa shape index (κ1) is 10.8. The van der Waals surface area contributed by atoms with E-state index < -0.39 is 0 Å². The van der Waals surface area contributed by atoms with E-state index >= 15 is 0 Å². The molecule has 1 aliphatic rings. The molecule has 1 fully saturated rings. The summed E-state index contributed by atoms with van der Waals surface area (Å²) in [7, 11) is 0. The van der Waals surface area contributed by atoms with Crippen LogP contribution < -0.4 is 0 Å². The minimum atomic E-state index is 0.538. The maximum atomic E-state index is 5.95. The molecule has 1 heterocycles. The van der Waals surface area contributed by atoms with Crippen molar-refractivity contribution in [3.8, 4) is 11.8 Å². The maximum Gasteiger partial charge on any atom is 0.188 e. The first-order chi connectivity index (χ1) is 7.29. The average Bonchev–Trinajstić information content (AvgIpc) is 3.05. The second kappa shape index (κ2) is 4.87. The van der Waals surface area contributed by atoms with Crippen molar-refractivity contribution in [2.45, 2.75) is 24.4 Å². The predicted octanol–water partition coefficient (Wildman–Crippen LogP) is 3.00. The van der Waals surface area contributed by atoms with Crippen molar-refractivity contribution in [2.24, 2.45) is 5.92 Å². The van der Waals surface area contributed by atoms with Gasteiger partial charge >= 0.3 is 0 Å². The van der Waals surface area contributed by atoms with Gasteiger partial charge in [-0.2, -0.15) is 0 Å². The van der Waals surface area contributed by atoms with Gasteiger partial charge in [0.05, 0.1) is 11.2 Å². The Hall–Kier alpha value is -0.720. The maximum absolute atomic E-state index is 5.95. The molecule has 1 saturated carbocycles. The van der Waals surface area contributed by atoms with Crippen LogP contribution in [0.1, 0.15) is 25.0 Å². The van der Waals surface area contributed by atoms with Crippen LogP contribution in [0.3, 0.4) is 0 Å². The fourth-order valence-electron chi connectivity index (χ4n) is 1.14. The summed E-state index contributed by atoms with van der Waals surface area (Å²) in [6, 6.07) is 0. The summed E-state index contributed by atoms with van der Waals surface area (Å²) in [5.41, 5.74) is 0.650. The van der Waals surface area contributed by atoms with E-state index in [0.717, 1.165) is 17.5 Å². The molecule has 0 spiro atoms. The van der Waals surface area contributed by atoms with Gasteiger partial charge in [-0.1, -0.05) is 29.3 Å². The average molecular weight is 239 g/mol. The zero-order valence-electron chi connectivity index (χ0n) is 8.46. The fraction of sp³-hybridized carbons (Fsp3) is 0.455. The molecule has 0 N–H and O–H groups in total. The first-order valence-corrected chi connectivity index (χ1v) is 6.45. The van der Waals surface area contributed by atoms with Crippen molar-refractivity contribution in [2.75, 3.05) is 6.26 Å². The summed E-state index contributed by atoms with van der Waals surface area (Å²) in [6.45, 7) is 0. The number of rotatable bonds is 2. The molecule has 0 amide bonds. The Balaban J connectivity index is 2.12. The van der Waals surface area contributed by atoms with Gasteiger partial charge in [0.2, 0.25) is 0 Å². The van der Waals surface area contributed by atoms with Gasteiger partial charge in [-0.05, 0) is 30.9 Å². The number of halogens is 1. The number of thioether (sulfide) groups is 1. The number of hydrogen-bond donors (Lipinski definition) is 0. The Labute approximate surface area is 98.8 Å². The molecular weight excluding hydrogens is 228 g/mol. The van der Waals surface area contributed by atoms with Gasteiger partial charge in [0, 0.05) is 6.42 Å². The molecule has 2 nitrogen and oxygen atoms in total. The Bertz CT molecular complexity index is 418. The van der Waals surface area contributed by atoms with Crippen LogP contribution in [0.25, 0.3) is 0 Å². The monoisotopic (exact) mass is 238 g/mol. The van der Waals surface area contributed by atoms with Gasteiger partial charge in [0.15, 0.2) is 5.16 Å². The van der Waals surface area contributed by atoms with Gasteiger partial charge in [-0.25, -0.2) is 9.97 Å². The highest BCUT2D eigenvalue weighted by Gasteiger charge is 2.19. The van der Waals surface area contributed by atoms with E-state index in [-0.39, 0.29) is 0 Å². The molecule has 0 aromatic carbocycles. The molecule has 0 bridgehead atoms. The molecule has 0 atom stereocenters. The van der Waals surface area contributed by atoms with Crippen LogP contribution in [0.15, 0.2) is 11.4 Å². The molecule has 1 aliphatic carbocycles. The van der Waals surface area contributed by atoms with Crippen LogP contribution in [0.5, 0.6) is 0 Å². The zero-order chi connectivity index (χ0) is 10.7. The summed E-state index contributed by atoms with van der Waals surface area (Å²) >= 11 is 7.44. The Morgan fingerprint density at radius 2 is 2.40 bits per heavy atom. The third kappa shape index (κ3) is 3.12. The number of aromatic nitrogens is 2. The zero-order valence-corrected chi connectivity index (χ0v) is 10.0. The van der Waals surface area contributed by atoms with Crippen molar-refractivity contribution in [3.05, 3.63) is 16.9 Å². The van der Waals surface area contributed by atoms with Crippen LogP contribution in [0, 0.1) is 17.8 Å². The van der Waals surface area contributed by atoms with Gasteiger partial charge < -0.3 is 0 Å². The molecule has 0 aliphatic heterocycles. The lowest BCUT2D eigenvalue weighted by atomic mass is 10.3. The van der Waals surface area contributed by atoms with Crippen molar-refractivity contribution in [1.29, 1.82) is 0 Å². The summed E-state index contributed by atoms with van der Waals surface area (Å²) in [6.07, 6.45) is 7.16. The number of nitrogens with zero attached hydrogens (tertiary/aromatic N) is 2. The van der Waals surface area contributed by atoms with E-state index in [9.17, 15) is 0 Å². The second-order valence-electron chi connectivity index (χ2n) is 3.50. The van der Waals surface area contributed by atoms with Crippen LogP contribution in [0.4, 0.5) is 0 Å². The van der Waals surface area contributed by atoms with E-state index in [1.807, 2.05) is 6.26 Å². The van der Waals surface area contributed by atoms with Crippen LogP contribution in [0.2, 0.25) is 5.02 Å². The van der Waals surface area contributed by atoms with E-state index in [0.29, 0.717) is 10.7 Å². The Morgan fingerprint density at radius 3 is 3.07 bits per heavy atom. The van der Waals surface area contributed by atoms with Crippen LogP contribution >= 0.6 is 23.4 Å². The molecule has 15 heavy (non-hydrogen) atoms. The van der Waals surface area contributed by atoms with Crippen molar-refractivity contribution in [3.63, 3.8) is 0 Å². The largest absolute Gasteiger partial charge is 0.229 e. The molecule has 2 rings (SSSR count). The molecule has 1 aromatic heterocycles. The van der Waals surface area contributed by atoms with Gasteiger partial charge in [-0.15, -0.1) is 0 Å². The normalized spacial score (nSPS) is 14.5. The van der Waals surface area contributed by atoms with Crippen LogP contribution in [-0.4, -0.2) is 16.2 Å². The predicted molar refractivity (Wildman–Crippen MR) is 63.0 cm³/mol. The van der Waals surface area contributed by atoms with E-state index in [2.05, 4.69) is 21.8 Å². The summed E-state index contributed by atoms with van der Waals surface area (Å²) in [5, 5.41) is 1.26. The third-order valence-corrected chi connectivity index (χ3v) is 3.04. The molecule has 0 radical (unpaired) electrons. The molecule has 4 heteroatoms. The highest BCUT2D eigenvalue weighted by molar-refractivity contribution is 7.98. The summed E-state index contributed by atoms with van der Waals surface area (Å²) in [5.74, 6) is 6.95. The third-order valence-electron chi connectivity index (χ3n) is 2.20. The second-order valence-corrected chi connectivity index (χ2v) is 4.68. The smallest absolute Gasteiger partial charge is 0.188 e.